The van der Waals surface area contributed by atoms with Gasteiger partial charge in [-0.25, -0.2) is 0 Å². The van der Waals surface area contributed by atoms with Crippen molar-refractivity contribution in [1.82, 2.24) is 4.98 Å². The van der Waals surface area contributed by atoms with E-state index in [0.717, 1.165) is 29.2 Å². The van der Waals surface area contributed by atoms with Crippen LogP contribution in [-0.2, 0) is 21.6 Å². The van der Waals surface area contributed by atoms with Gasteiger partial charge in [0.2, 0.25) is 0 Å². The molecule has 0 amide bonds. The first kappa shape index (κ1) is 16.4. The Morgan fingerprint density at radius 3 is 2.67 bits per heavy atom. The molecule has 27 heavy (non-hydrogen) atoms. The fourth-order valence-corrected chi connectivity index (χ4v) is 4.36. The molecule has 0 saturated carbocycles. The molecule has 1 N–H and O–H groups in total. The fourth-order valence-electron chi connectivity index (χ4n) is 4.36. The lowest BCUT2D eigenvalue weighted by Gasteiger charge is -2.47. The second-order valence-corrected chi connectivity index (χ2v) is 9.47. The van der Waals surface area contributed by atoms with Crippen molar-refractivity contribution >= 4 is 17.2 Å². The third-order valence-corrected chi connectivity index (χ3v) is 6.10. The third-order valence-electron chi connectivity index (χ3n) is 6.10. The van der Waals surface area contributed by atoms with Crippen LogP contribution in [0.4, 0.5) is 0 Å². The molecule has 2 aromatic rings. The standard InChI is InChI=1S/C24H35NO2/c1-14(2)11-18-17(5)15(3)12-19-20-16(4)13-27-24(9-10-26,23(6,7)8)22(20)25-21(18)19/h10,12,14,16,25H,9,11,13H2,1-8H3/t16?,24-/m1/s1/i13D2,16D. The van der Waals surface area contributed by atoms with Gasteiger partial charge in [-0.1, -0.05) is 41.5 Å². The molecule has 0 radical (unpaired) electrons. The molecule has 2 heterocycles. The van der Waals surface area contributed by atoms with Gasteiger partial charge in [-0.05, 0) is 59.9 Å². The Morgan fingerprint density at radius 2 is 2.11 bits per heavy atom. The van der Waals surface area contributed by atoms with Crippen molar-refractivity contribution in [2.45, 2.75) is 79.7 Å². The summed E-state index contributed by atoms with van der Waals surface area (Å²) in [6.45, 7) is 13.7. The van der Waals surface area contributed by atoms with E-state index in [-0.39, 0.29) is 6.42 Å². The molecule has 1 aliphatic rings. The van der Waals surface area contributed by atoms with Gasteiger partial charge in [-0.15, -0.1) is 0 Å². The number of H-pyrrole nitrogens is 1. The molecule has 0 fully saturated rings. The molecule has 1 aliphatic heterocycles. The van der Waals surface area contributed by atoms with Crippen LogP contribution in [0.15, 0.2) is 6.07 Å². The summed E-state index contributed by atoms with van der Waals surface area (Å²) in [5.74, 6) is -1.18. The Hall–Kier alpha value is -1.61. The number of nitrogens with one attached hydrogen (secondary N) is 1. The van der Waals surface area contributed by atoms with Gasteiger partial charge in [0.1, 0.15) is 11.9 Å². The molecule has 0 aliphatic carbocycles. The van der Waals surface area contributed by atoms with Gasteiger partial charge in [0.25, 0.3) is 0 Å². The van der Waals surface area contributed by atoms with Crippen molar-refractivity contribution in [3.63, 3.8) is 0 Å². The quantitative estimate of drug-likeness (QED) is 0.674. The normalized spacial score (nSPS) is 29.3. The number of hydrogen-bond acceptors (Lipinski definition) is 2. The zero-order valence-electron chi connectivity index (χ0n) is 21.0. The largest absolute Gasteiger partial charge is 0.367 e. The summed E-state index contributed by atoms with van der Waals surface area (Å²) >= 11 is 0. The first-order valence-electron chi connectivity index (χ1n) is 11.4. The SMILES string of the molecule is [2H]C1([2H])O[C@@](CC=O)(C(C)(C)C)c2[nH]c3c(CC(C)C)c(C)c(C)cc3c2C1([2H])C. The van der Waals surface area contributed by atoms with E-state index in [4.69, 9.17) is 8.85 Å². The lowest BCUT2D eigenvalue weighted by molar-refractivity contribution is -0.151. The summed E-state index contributed by atoms with van der Waals surface area (Å²) in [4.78, 5) is 15.3. The Bertz CT molecular complexity index is 998. The van der Waals surface area contributed by atoms with Crippen molar-refractivity contribution < 1.29 is 13.6 Å². The van der Waals surface area contributed by atoms with Crippen molar-refractivity contribution in [1.29, 1.82) is 0 Å². The summed E-state index contributed by atoms with van der Waals surface area (Å²) in [5.41, 5.74) is 3.98. The Kier molecular flexibility index (Phi) is 4.10. The minimum absolute atomic E-state index is 0.0173. The Balaban J connectivity index is 2.54. The van der Waals surface area contributed by atoms with E-state index >= 15 is 0 Å². The van der Waals surface area contributed by atoms with Gasteiger partial charge in [0.05, 0.1) is 15.0 Å². The van der Waals surface area contributed by atoms with Gasteiger partial charge in [0.15, 0.2) is 0 Å². The van der Waals surface area contributed by atoms with Crippen LogP contribution in [0, 0.1) is 25.2 Å². The number of hydrogen-bond donors (Lipinski definition) is 1. The molecule has 3 rings (SSSR count). The Labute approximate surface area is 168 Å². The van der Waals surface area contributed by atoms with Crippen LogP contribution in [-0.4, -0.2) is 17.8 Å². The van der Waals surface area contributed by atoms with Gasteiger partial charge in [0, 0.05) is 24.6 Å². The molecule has 3 nitrogen and oxygen atoms in total. The predicted octanol–water partition coefficient (Wildman–Crippen LogP) is 5.95. The fraction of sp³-hybridized carbons (Fsp3) is 0.625. The molecule has 0 spiro atoms. The Morgan fingerprint density at radius 1 is 1.44 bits per heavy atom. The lowest BCUT2D eigenvalue weighted by atomic mass is 9.69. The number of ether oxygens (including phenoxy) is 1. The van der Waals surface area contributed by atoms with Crippen molar-refractivity contribution in [3.8, 4) is 0 Å². The van der Waals surface area contributed by atoms with Gasteiger partial charge >= 0.3 is 0 Å². The molecule has 2 atom stereocenters. The van der Waals surface area contributed by atoms with Crippen LogP contribution < -0.4 is 0 Å². The number of aromatic amines is 1. The first-order chi connectivity index (χ1) is 13.6. The number of fused-ring (bicyclic) bond motifs is 3. The zero-order valence-corrected chi connectivity index (χ0v) is 18.0. The summed E-state index contributed by atoms with van der Waals surface area (Å²) in [6, 6.07) is 2.06. The van der Waals surface area contributed by atoms with Crippen molar-refractivity contribution in [2.75, 3.05) is 6.56 Å². The van der Waals surface area contributed by atoms with E-state index in [0.29, 0.717) is 17.2 Å². The molecular weight excluding hydrogens is 334 g/mol. The van der Waals surface area contributed by atoms with Crippen LogP contribution in [0.2, 0.25) is 0 Å². The van der Waals surface area contributed by atoms with Crippen molar-refractivity contribution in [2.24, 2.45) is 11.3 Å². The lowest BCUT2D eigenvalue weighted by Crippen LogP contribution is -2.47. The third kappa shape index (κ3) is 3.04. The summed E-state index contributed by atoms with van der Waals surface area (Å²) < 4.78 is 32.5. The number of carbonyl (C=O) groups is 1. The van der Waals surface area contributed by atoms with Gasteiger partial charge in [-0.3, -0.25) is 0 Å². The topological polar surface area (TPSA) is 42.1 Å². The highest BCUT2D eigenvalue weighted by atomic mass is 16.5. The number of benzene rings is 1. The monoisotopic (exact) mass is 372 g/mol. The summed E-state index contributed by atoms with van der Waals surface area (Å²) in [7, 11) is 0. The van der Waals surface area contributed by atoms with E-state index in [1.54, 1.807) is 6.92 Å². The number of aromatic nitrogens is 1. The first-order valence-corrected chi connectivity index (χ1v) is 9.90. The van der Waals surface area contributed by atoms with E-state index in [1.165, 1.54) is 11.1 Å². The van der Waals surface area contributed by atoms with Crippen molar-refractivity contribution in [3.05, 3.63) is 34.0 Å². The van der Waals surface area contributed by atoms with Gasteiger partial charge in [-0.2, -0.15) is 0 Å². The number of aryl methyl sites for hydroxylation is 1. The van der Waals surface area contributed by atoms with E-state index in [1.807, 2.05) is 20.8 Å². The number of aldehydes is 1. The summed E-state index contributed by atoms with van der Waals surface area (Å²) in [5, 5.41) is 0.868. The average Bonchev–Trinajstić information content (AvgIpc) is 2.96. The minimum atomic E-state index is -2.26. The molecule has 148 valence electrons. The van der Waals surface area contributed by atoms with Crippen LogP contribution in [0.1, 0.15) is 85.9 Å². The molecule has 1 unspecified atom stereocenters. The maximum absolute atomic E-state index is 11.8. The summed E-state index contributed by atoms with van der Waals surface area (Å²) in [6.07, 6.45) is 1.69. The highest BCUT2D eigenvalue weighted by molar-refractivity contribution is 5.90. The minimum Gasteiger partial charge on any atom is -0.367 e. The highest BCUT2D eigenvalue weighted by Crippen LogP contribution is 2.52. The molecule has 0 bridgehead atoms. The predicted molar refractivity (Wildman–Crippen MR) is 112 cm³/mol. The van der Waals surface area contributed by atoms with E-state index in [9.17, 15) is 4.79 Å². The molecule has 1 aromatic carbocycles. The van der Waals surface area contributed by atoms with Crippen LogP contribution in [0.25, 0.3) is 10.9 Å². The zero-order chi connectivity index (χ0) is 22.9. The molecule has 3 heteroatoms. The second-order valence-electron chi connectivity index (χ2n) is 9.47. The maximum atomic E-state index is 11.8. The molecular formula is C24H35NO2. The van der Waals surface area contributed by atoms with Crippen LogP contribution >= 0.6 is 0 Å². The molecule has 0 saturated heterocycles. The second kappa shape index (κ2) is 6.77. The highest BCUT2D eigenvalue weighted by Gasteiger charge is 2.50. The number of rotatable bonds is 4. The number of carbonyl (C=O) groups excluding carboxylic acids is 1. The average molecular weight is 373 g/mol. The van der Waals surface area contributed by atoms with E-state index < -0.39 is 23.5 Å². The smallest absolute Gasteiger partial charge is 0.123 e. The maximum Gasteiger partial charge on any atom is 0.123 e. The van der Waals surface area contributed by atoms with E-state index in [2.05, 4.69) is 38.7 Å². The molecule has 1 aromatic heterocycles. The van der Waals surface area contributed by atoms with Crippen LogP contribution in [0.3, 0.4) is 0 Å². The van der Waals surface area contributed by atoms with Crippen LogP contribution in [0.5, 0.6) is 0 Å². The van der Waals surface area contributed by atoms with Gasteiger partial charge < -0.3 is 14.5 Å².